The zero-order chi connectivity index (χ0) is 14.9. The van der Waals surface area contributed by atoms with Crippen molar-refractivity contribution < 1.29 is 4.74 Å². The van der Waals surface area contributed by atoms with Crippen LogP contribution in [0.25, 0.3) is 11.0 Å². The number of hydrogen-bond donors (Lipinski definition) is 1. The molecule has 0 fully saturated rings. The number of rotatable bonds is 5. The number of halogens is 1. The molecule has 0 amide bonds. The smallest absolute Gasteiger partial charge is 0.148 e. The van der Waals surface area contributed by atoms with Gasteiger partial charge >= 0.3 is 0 Å². The summed E-state index contributed by atoms with van der Waals surface area (Å²) >= 11 is 2.29. The second-order valence-corrected chi connectivity index (χ2v) is 12.8. The lowest BCUT2D eigenvalue weighted by molar-refractivity contribution is 0.0885. The minimum atomic E-state index is -1.05. The molecule has 0 bridgehead atoms. The SMILES string of the molecule is Cc1c(I)c2c(N)ncnc2n1COCC[Si](C)(C)C. The molecule has 0 saturated heterocycles. The summed E-state index contributed by atoms with van der Waals surface area (Å²) in [5, 5.41) is 0.930. The molecule has 0 radical (unpaired) electrons. The van der Waals surface area contributed by atoms with Gasteiger partial charge in [0.25, 0.3) is 0 Å². The summed E-state index contributed by atoms with van der Waals surface area (Å²) in [6.07, 6.45) is 1.51. The van der Waals surface area contributed by atoms with Crippen LogP contribution in [-0.2, 0) is 11.5 Å². The van der Waals surface area contributed by atoms with E-state index in [1.54, 1.807) is 0 Å². The summed E-state index contributed by atoms with van der Waals surface area (Å²) < 4.78 is 9.00. The van der Waals surface area contributed by atoms with Gasteiger partial charge < -0.3 is 15.0 Å². The molecule has 110 valence electrons. The minimum Gasteiger partial charge on any atom is -0.383 e. The molecule has 2 rings (SSSR count). The van der Waals surface area contributed by atoms with E-state index in [-0.39, 0.29) is 0 Å². The van der Waals surface area contributed by atoms with Gasteiger partial charge in [0.1, 0.15) is 24.5 Å². The van der Waals surface area contributed by atoms with Crippen molar-refractivity contribution in [2.75, 3.05) is 12.3 Å². The van der Waals surface area contributed by atoms with Crippen LogP contribution in [0.2, 0.25) is 25.7 Å². The van der Waals surface area contributed by atoms with E-state index in [2.05, 4.69) is 63.7 Å². The van der Waals surface area contributed by atoms with Crippen molar-refractivity contribution in [1.29, 1.82) is 0 Å². The Hall–Kier alpha value is -0.673. The van der Waals surface area contributed by atoms with E-state index in [0.29, 0.717) is 12.5 Å². The number of nitrogens with two attached hydrogens (primary N) is 1. The van der Waals surface area contributed by atoms with Gasteiger partial charge in [-0.15, -0.1) is 0 Å². The van der Waals surface area contributed by atoms with Crippen LogP contribution >= 0.6 is 22.6 Å². The van der Waals surface area contributed by atoms with Gasteiger partial charge in [-0.05, 0) is 35.6 Å². The van der Waals surface area contributed by atoms with Gasteiger partial charge in [0.2, 0.25) is 0 Å². The van der Waals surface area contributed by atoms with Crippen LogP contribution in [0.5, 0.6) is 0 Å². The van der Waals surface area contributed by atoms with Crippen LogP contribution in [0.1, 0.15) is 5.69 Å². The molecule has 0 aliphatic heterocycles. The molecule has 2 N–H and O–H groups in total. The zero-order valence-electron chi connectivity index (χ0n) is 12.4. The molecular weight excluding hydrogens is 383 g/mol. The van der Waals surface area contributed by atoms with Gasteiger partial charge in [-0.1, -0.05) is 19.6 Å². The Bertz CT molecular complexity index is 621. The Morgan fingerprint density at radius 3 is 2.70 bits per heavy atom. The molecule has 0 atom stereocenters. The molecule has 0 unspecified atom stereocenters. The Morgan fingerprint density at radius 2 is 2.05 bits per heavy atom. The van der Waals surface area contributed by atoms with Gasteiger partial charge in [0, 0.05) is 23.9 Å². The number of fused-ring (bicyclic) bond motifs is 1. The van der Waals surface area contributed by atoms with Crippen LogP contribution in [0.4, 0.5) is 5.82 Å². The lowest BCUT2D eigenvalue weighted by atomic mass is 10.3. The molecule has 0 saturated carbocycles. The molecule has 20 heavy (non-hydrogen) atoms. The van der Waals surface area contributed by atoms with Crippen LogP contribution in [0.15, 0.2) is 6.33 Å². The van der Waals surface area contributed by atoms with Crippen molar-refractivity contribution in [2.45, 2.75) is 39.3 Å². The summed E-state index contributed by atoms with van der Waals surface area (Å²) in [5.41, 5.74) is 7.93. The fourth-order valence-electron chi connectivity index (χ4n) is 1.96. The third-order valence-corrected chi connectivity index (χ3v) is 6.30. The van der Waals surface area contributed by atoms with E-state index in [1.807, 2.05) is 0 Å². The van der Waals surface area contributed by atoms with Crippen molar-refractivity contribution in [3.05, 3.63) is 15.6 Å². The highest BCUT2D eigenvalue weighted by atomic mass is 127. The Morgan fingerprint density at radius 1 is 1.35 bits per heavy atom. The van der Waals surface area contributed by atoms with E-state index in [0.717, 1.165) is 26.9 Å². The fraction of sp³-hybridized carbons (Fsp3) is 0.538. The molecule has 0 aliphatic carbocycles. The molecule has 7 heteroatoms. The normalized spacial score (nSPS) is 12.2. The van der Waals surface area contributed by atoms with E-state index in [4.69, 9.17) is 10.5 Å². The first-order valence-corrected chi connectivity index (χ1v) is 11.4. The van der Waals surface area contributed by atoms with E-state index >= 15 is 0 Å². The number of aromatic nitrogens is 3. The van der Waals surface area contributed by atoms with Crippen LogP contribution in [0.3, 0.4) is 0 Å². The molecule has 2 heterocycles. The maximum Gasteiger partial charge on any atom is 0.148 e. The maximum atomic E-state index is 5.95. The van der Waals surface area contributed by atoms with Crippen LogP contribution < -0.4 is 5.73 Å². The first-order valence-electron chi connectivity index (χ1n) is 6.64. The number of nitrogen functional groups attached to an aromatic ring is 1. The van der Waals surface area contributed by atoms with Gasteiger partial charge in [-0.3, -0.25) is 0 Å². The number of nitrogens with zero attached hydrogens (tertiary/aromatic N) is 3. The third kappa shape index (κ3) is 3.32. The second-order valence-electron chi connectivity index (χ2n) is 6.13. The Balaban J connectivity index is 2.19. The predicted molar refractivity (Wildman–Crippen MR) is 93.5 cm³/mol. The summed E-state index contributed by atoms with van der Waals surface area (Å²) in [4.78, 5) is 8.41. The summed E-state index contributed by atoms with van der Waals surface area (Å²) in [5.74, 6) is 0.531. The number of ether oxygens (including phenoxy) is 1. The average Bonchev–Trinajstić information content (AvgIpc) is 2.59. The predicted octanol–water partition coefficient (Wildman–Crippen LogP) is 3.24. The standard InChI is InChI=1S/C13H21IN4OSi/c1-9-11(14)10-12(15)16-7-17-13(10)18(9)8-19-5-6-20(2,3)4/h7H,5-6,8H2,1-4H3,(H2,15,16,17). The molecule has 0 aliphatic rings. The molecular formula is C13H21IN4OSi. The van der Waals surface area contributed by atoms with Crippen molar-refractivity contribution in [3.63, 3.8) is 0 Å². The first-order chi connectivity index (χ1) is 9.31. The Labute approximate surface area is 134 Å². The maximum absolute atomic E-state index is 5.95. The lowest BCUT2D eigenvalue weighted by Gasteiger charge is -2.16. The van der Waals surface area contributed by atoms with Crippen molar-refractivity contribution in [2.24, 2.45) is 0 Å². The summed E-state index contributed by atoms with van der Waals surface area (Å²) in [6.45, 7) is 10.4. The third-order valence-electron chi connectivity index (χ3n) is 3.27. The minimum absolute atomic E-state index is 0.520. The monoisotopic (exact) mass is 404 g/mol. The second kappa shape index (κ2) is 5.98. The largest absolute Gasteiger partial charge is 0.383 e. The molecule has 5 nitrogen and oxygen atoms in total. The van der Waals surface area contributed by atoms with E-state index in [9.17, 15) is 0 Å². The average molecular weight is 404 g/mol. The summed E-state index contributed by atoms with van der Waals surface area (Å²) in [6, 6.07) is 1.17. The fourth-order valence-corrected chi connectivity index (χ4v) is 3.52. The van der Waals surface area contributed by atoms with Gasteiger partial charge in [-0.25, -0.2) is 9.97 Å². The molecule has 0 spiro atoms. The number of hydrogen-bond acceptors (Lipinski definition) is 4. The lowest BCUT2D eigenvalue weighted by Crippen LogP contribution is -2.22. The first kappa shape index (κ1) is 15.7. The zero-order valence-corrected chi connectivity index (χ0v) is 15.6. The topological polar surface area (TPSA) is 66.0 Å². The summed E-state index contributed by atoms with van der Waals surface area (Å²) in [7, 11) is -1.05. The molecule has 0 aromatic carbocycles. The van der Waals surface area contributed by atoms with Crippen molar-refractivity contribution in [3.8, 4) is 0 Å². The van der Waals surface area contributed by atoms with Gasteiger partial charge in [0.05, 0.1) is 5.39 Å². The molecule has 2 aromatic rings. The van der Waals surface area contributed by atoms with Gasteiger partial charge in [-0.2, -0.15) is 0 Å². The van der Waals surface area contributed by atoms with Crippen molar-refractivity contribution in [1.82, 2.24) is 14.5 Å². The van der Waals surface area contributed by atoms with E-state index in [1.165, 1.54) is 12.4 Å². The van der Waals surface area contributed by atoms with E-state index < -0.39 is 8.07 Å². The highest BCUT2D eigenvalue weighted by molar-refractivity contribution is 14.1. The highest BCUT2D eigenvalue weighted by Gasteiger charge is 2.17. The van der Waals surface area contributed by atoms with Crippen LogP contribution in [0, 0.1) is 10.5 Å². The number of anilines is 1. The highest BCUT2D eigenvalue weighted by Crippen LogP contribution is 2.28. The van der Waals surface area contributed by atoms with Gasteiger partial charge in [0.15, 0.2) is 0 Å². The van der Waals surface area contributed by atoms with Crippen LogP contribution in [-0.4, -0.2) is 29.2 Å². The quantitative estimate of drug-likeness (QED) is 0.472. The Kier molecular flexibility index (Phi) is 4.70. The van der Waals surface area contributed by atoms with Crippen molar-refractivity contribution >= 4 is 47.5 Å². The molecule has 2 aromatic heterocycles.